The molecule has 94 valence electrons. The van der Waals surface area contributed by atoms with Gasteiger partial charge < -0.3 is 10.2 Å². The number of ether oxygens (including phenoxy) is 1. The van der Waals surface area contributed by atoms with Gasteiger partial charge in [-0.3, -0.25) is 0 Å². The Hall–Kier alpha value is -0.850. The van der Waals surface area contributed by atoms with Crippen LogP contribution in [0.15, 0.2) is 5.03 Å². The van der Waals surface area contributed by atoms with Gasteiger partial charge in [-0.05, 0) is 26.7 Å². The van der Waals surface area contributed by atoms with Crippen LogP contribution >= 0.6 is 11.8 Å². The van der Waals surface area contributed by atoms with Crippen molar-refractivity contribution in [2.45, 2.75) is 37.8 Å². The van der Waals surface area contributed by atoms with Gasteiger partial charge in [-0.15, -0.1) is 11.8 Å². The summed E-state index contributed by atoms with van der Waals surface area (Å²) in [4.78, 5) is 8.68. The van der Waals surface area contributed by atoms with Gasteiger partial charge in [0.2, 0.25) is 0 Å². The normalized spacial score (nSPS) is 19.6. The van der Waals surface area contributed by atoms with Crippen molar-refractivity contribution in [3.8, 4) is 0 Å². The van der Waals surface area contributed by atoms with Gasteiger partial charge in [-0.2, -0.15) is 0 Å². The maximum absolute atomic E-state index is 5.60. The Labute approximate surface area is 106 Å². The van der Waals surface area contributed by atoms with Crippen LogP contribution in [0.1, 0.15) is 24.2 Å². The lowest BCUT2D eigenvalue weighted by atomic mass is 10.3. The molecule has 0 aliphatic carbocycles. The Kier molecular flexibility index (Phi) is 4.20. The van der Waals surface area contributed by atoms with Crippen LogP contribution in [0, 0.1) is 13.8 Å². The van der Waals surface area contributed by atoms with Crippen molar-refractivity contribution in [2.24, 2.45) is 5.84 Å². The molecule has 2 heterocycles. The van der Waals surface area contributed by atoms with E-state index in [0.29, 0.717) is 11.9 Å². The summed E-state index contributed by atoms with van der Waals surface area (Å²) in [5.74, 6) is 7.81. The van der Waals surface area contributed by atoms with E-state index < -0.39 is 0 Å². The van der Waals surface area contributed by atoms with Crippen LogP contribution in [0.5, 0.6) is 0 Å². The van der Waals surface area contributed by atoms with Gasteiger partial charge in [0.15, 0.2) is 0 Å². The molecule has 6 heteroatoms. The lowest BCUT2D eigenvalue weighted by Crippen LogP contribution is -2.13. The van der Waals surface area contributed by atoms with Gasteiger partial charge in [0.05, 0.1) is 6.10 Å². The molecule has 3 N–H and O–H groups in total. The molecular formula is C11H18N4OS. The molecule has 0 bridgehead atoms. The Bertz CT molecular complexity index is 393. The topological polar surface area (TPSA) is 73.1 Å². The fourth-order valence-corrected chi connectivity index (χ4v) is 2.95. The first-order valence-corrected chi connectivity index (χ1v) is 6.75. The van der Waals surface area contributed by atoms with Gasteiger partial charge in [0.1, 0.15) is 16.7 Å². The number of nitrogens with zero attached hydrogens (tertiary/aromatic N) is 2. The summed E-state index contributed by atoms with van der Waals surface area (Å²) in [6, 6.07) is 0. The monoisotopic (exact) mass is 254 g/mol. The van der Waals surface area contributed by atoms with E-state index in [1.807, 2.05) is 13.8 Å². The SMILES string of the molecule is Cc1nc(NN)c(C)c(SCC2CCCO2)n1. The van der Waals surface area contributed by atoms with Crippen molar-refractivity contribution < 1.29 is 4.74 Å². The fourth-order valence-electron chi connectivity index (χ4n) is 1.83. The zero-order valence-electron chi connectivity index (χ0n) is 10.2. The Morgan fingerprint density at radius 1 is 1.47 bits per heavy atom. The number of hydrazine groups is 1. The Morgan fingerprint density at radius 3 is 2.94 bits per heavy atom. The number of aryl methyl sites for hydroxylation is 1. The molecule has 1 saturated heterocycles. The van der Waals surface area contributed by atoms with Crippen molar-refractivity contribution in [1.29, 1.82) is 0 Å². The number of thioether (sulfide) groups is 1. The van der Waals surface area contributed by atoms with Crippen molar-refractivity contribution in [3.05, 3.63) is 11.4 Å². The maximum atomic E-state index is 5.60. The summed E-state index contributed by atoms with van der Waals surface area (Å²) in [7, 11) is 0. The number of nitrogen functional groups attached to an aromatic ring is 1. The maximum Gasteiger partial charge on any atom is 0.147 e. The minimum Gasteiger partial charge on any atom is -0.377 e. The van der Waals surface area contributed by atoms with Crippen LogP contribution in [-0.4, -0.2) is 28.4 Å². The molecule has 1 fully saturated rings. The van der Waals surface area contributed by atoms with Crippen molar-refractivity contribution in [3.63, 3.8) is 0 Å². The molecule has 1 aliphatic rings. The van der Waals surface area contributed by atoms with Crippen LogP contribution in [0.25, 0.3) is 0 Å². The number of aromatic nitrogens is 2. The highest BCUT2D eigenvalue weighted by Crippen LogP contribution is 2.27. The van der Waals surface area contributed by atoms with Gasteiger partial charge >= 0.3 is 0 Å². The third-order valence-corrected chi connectivity index (χ3v) is 3.99. The summed E-state index contributed by atoms with van der Waals surface area (Å²) < 4.78 is 5.60. The van der Waals surface area contributed by atoms with E-state index in [4.69, 9.17) is 10.6 Å². The van der Waals surface area contributed by atoms with Crippen molar-refractivity contribution in [2.75, 3.05) is 17.8 Å². The summed E-state index contributed by atoms with van der Waals surface area (Å²) in [5, 5.41) is 0.987. The second-order valence-corrected chi connectivity index (χ2v) is 5.15. The molecule has 1 aliphatic heterocycles. The van der Waals surface area contributed by atoms with Crippen molar-refractivity contribution in [1.82, 2.24) is 9.97 Å². The molecule has 0 amide bonds. The molecule has 0 saturated carbocycles. The van der Waals surface area contributed by atoms with E-state index in [1.54, 1.807) is 11.8 Å². The predicted molar refractivity (Wildman–Crippen MR) is 69.0 cm³/mol. The summed E-state index contributed by atoms with van der Waals surface area (Å²) in [5.41, 5.74) is 3.61. The average molecular weight is 254 g/mol. The van der Waals surface area contributed by atoms with Crippen LogP contribution in [-0.2, 0) is 4.74 Å². The molecule has 0 aromatic carbocycles. The van der Waals surface area contributed by atoms with E-state index in [9.17, 15) is 0 Å². The average Bonchev–Trinajstić information content (AvgIpc) is 2.82. The third kappa shape index (κ3) is 3.08. The fraction of sp³-hybridized carbons (Fsp3) is 0.636. The van der Waals surface area contributed by atoms with E-state index >= 15 is 0 Å². The van der Waals surface area contributed by atoms with Crippen LogP contribution in [0.2, 0.25) is 0 Å². The number of hydrogen-bond donors (Lipinski definition) is 2. The first-order valence-electron chi connectivity index (χ1n) is 5.77. The highest BCUT2D eigenvalue weighted by molar-refractivity contribution is 7.99. The van der Waals surface area contributed by atoms with Crippen LogP contribution < -0.4 is 11.3 Å². The number of hydrogen-bond acceptors (Lipinski definition) is 6. The van der Waals surface area contributed by atoms with Crippen molar-refractivity contribution >= 4 is 17.6 Å². The van der Waals surface area contributed by atoms with E-state index in [1.165, 1.54) is 6.42 Å². The first-order chi connectivity index (χ1) is 8.20. The second kappa shape index (κ2) is 5.66. The van der Waals surface area contributed by atoms with E-state index in [2.05, 4.69) is 15.4 Å². The van der Waals surface area contributed by atoms with Crippen LogP contribution in [0.4, 0.5) is 5.82 Å². The minimum atomic E-state index is 0.365. The molecule has 1 atom stereocenters. The van der Waals surface area contributed by atoms with Gasteiger partial charge in [-0.25, -0.2) is 15.8 Å². The quantitative estimate of drug-likeness (QED) is 0.368. The molecule has 1 unspecified atom stereocenters. The Morgan fingerprint density at radius 2 is 2.29 bits per heavy atom. The van der Waals surface area contributed by atoms with Crippen LogP contribution in [0.3, 0.4) is 0 Å². The largest absolute Gasteiger partial charge is 0.377 e. The Balaban J connectivity index is 2.06. The number of anilines is 1. The van der Waals surface area contributed by atoms with Gasteiger partial charge in [0, 0.05) is 17.9 Å². The number of rotatable bonds is 4. The first kappa shape index (κ1) is 12.6. The molecule has 2 rings (SSSR count). The molecule has 0 spiro atoms. The van der Waals surface area contributed by atoms with E-state index in [0.717, 1.165) is 35.2 Å². The molecule has 17 heavy (non-hydrogen) atoms. The zero-order chi connectivity index (χ0) is 12.3. The predicted octanol–water partition coefficient (Wildman–Crippen LogP) is 1.65. The molecular weight excluding hydrogens is 236 g/mol. The zero-order valence-corrected chi connectivity index (χ0v) is 11.0. The molecule has 1 aromatic rings. The molecule has 1 aromatic heterocycles. The summed E-state index contributed by atoms with van der Waals surface area (Å²) in [6.07, 6.45) is 2.68. The highest BCUT2D eigenvalue weighted by atomic mass is 32.2. The van der Waals surface area contributed by atoms with Gasteiger partial charge in [-0.1, -0.05) is 0 Å². The molecule has 0 radical (unpaired) electrons. The highest BCUT2D eigenvalue weighted by Gasteiger charge is 2.17. The smallest absolute Gasteiger partial charge is 0.147 e. The number of nitrogens with two attached hydrogens (primary N) is 1. The summed E-state index contributed by atoms with van der Waals surface area (Å²) >= 11 is 1.72. The standard InChI is InChI=1S/C11H18N4OS/c1-7-10(15-12)13-8(2)14-11(7)17-6-9-4-3-5-16-9/h9H,3-6,12H2,1-2H3,(H,13,14,15). The lowest BCUT2D eigenvalue weighted by Gasteiger charge is -2.12. The molecule has 5 nitrogen and oxygen atoms in total. The van der Waals surface area contributed by atoms with E-state index in [-0.39, 0.29) is 0 Å². The van der Waals surface area contributed by atoms with Gasteiger partial charge in [0.25, 0.3) is 0 Å². The third-order valence-electron chi connectivity index (χ3n) is 2.78. The number of nitrogens with one attached hydrogen (secondary N) is 1. The lowest BCUT2D eigenvalue weighted by molar-refractivity contribution is 0.129. The minimum absolute atomic E-state index is 0.365. The second-order valence-electron chi connectivity index (χ2n) is 4.14. The summed E-state index contributed by atoms with van der Waals surface area (Å²) in [6.45, 7) is 4.74.